The molecule has 0 unspecified atom stereocenters. The number of carbonyl (C=O) groups is 1. The van der Waals surface area contributed by atoms with Gasteiger partial charge in [0.15, 0.2) is 11.5 Å². The minimum atomic E-state index is 0. The number of alkyl halides is 1. The van der Waals surface area contributed by atoms with E-state index in [4.69, 9.17) is 21.1 Å². The van der Waals surface area contributed by atoms with Gasteiger partial charge in [0.25, 0.3) is 0 Å². The summed E-state index contributed by atoms with van der Waals surface area (Å²) in [6.07, 6.45) is 0. The van der Waals surface area contributed by atoms with Crippen molar-refractivity contribution in [2.75, 3.05) is 46.3 Å². The quantitative estimate of drug-likeness (QED) is 0.753. The highest BCUT2D eigenvalue weighted by molar-refractivity contribution is 6.27. The summed E-state index contributed by atoms with van der Waals surface area (Å²) in [7, 11) is 3.29. The van der Waals surface area contributed by atoms with Crippen molar-refractivity contribution in [2.45, 2.75) is 13.5 Å². The van der Waals surface area contributed by atoms with Gasteiger partial charge in [-0.15, -0.1) is 24.0 Å². The minimum Gasteiger partial charge on any atom is -0.493 e. The highest BCUT2D eigenvalue weighted by atomic mass is 35.5. The van der Waals surface area contributed by atoms with Crippen molar-refractivity contribution in [3.63, 3.8) is 0 Å². The Morgan fingerprint density at radius 1 is 1.13 bits per heavy atom. The number of carbonyl (C=O) groups excluding carboxylic acids is 1. The Labute approximate surface area is 148 Å². The second-order valence-corrected chi connectivity index (χ2v) is 5.69. The molecule has 0 aromatic heterocycles. The molecule has 7 heteroatoms. The van der Waals surface area contributed by atoms with E-state index in [1.54, 1.807) is 14.2 Å². The van der Waals surface area contributed by atoms with E-state index in [1.807, 2.05) is 17.0 Å². The van der Waals surface area contributed by atoms with E-state index in [1.165, 1.54) is 11.1 Å². The third-order valence-corrected chi connectivity index (χ3v) is 4.30. The van der Waals surface area contributed by atoms with Crippen molar-refractivity contribution in [3.05, 3.63) is 23.3 Å². The molecule has 5 nitrogen and oxygen atoms in total. The lowest BCUT2D eigenvalue weighted by molar-refractivity contribution is -0.130. The summed E-state index contributed by atoms with van der Waals surface area (Å²) in [5.74, 6) is 1.58. The molecule has 0 bridgehead atoms. The molecule has 23 heavy (non-hydrogen) atoms. The average molecular weight is 363 g/mol. The zero-order valence-electron chi connectivity index (χ0n) is 13.8. The van der Waals surface area contributed by atoms with Crippen molar-refractivity contribution in [3.8, 4) is 11.5 Å². The number of methoxy groups -OCH3 is 2. The maximum atomic E-state index is 11.6. The molecule has 1 saturated heterocycles. The first-order valence-electron chi connectivity index (χ1n) is 7.36. The highest BCUT2D eigenvalue weighted by Crippen LogP contribution is 2.30. The van der Waals surface area contributed by atoms with E-state index in [9.17, 15) is 4.79 Å². The van der Waals surface area contributed by atoms with Gasteiger partial charge in [-0.1, -0.05) is 0 Å². The van der Waals surface area contributed by atoms with E-state index in [-0.39, 0.29) is 24.2 Å². The van der Waals surface area contributed by atoms with Gasteiger partial charge < -0.3 is 14.4 Å². The molecular formula is C16H24Cl2N2O3. The number of benzene rings is 1. The number of hydrogen-bond donors (Lipinski definition) is 0. The molecule has 1 aliphatic heterocycles. The maximum Gasteiger partial charge on any atom is 0.237 e. The predicted molar refractivity (Wildman–Crippen MR) is 94.1 cm³/mol. The van der Waals surface area contributed by atoms with Crippen LogP contribution in [0.5, 0.6) is 11.5 Å². The number of rotatable bonds is 5. The molecule has 0 N–H and O–H groups in total. The monoisotopic (exact) mass is 362 g/mol. The molecule has 1 aromatic rings. The summed E-state index contributed by atoms with van der Waals surface area (Å²) in [5.41, 5.74) is 2.40. The number of nitrogens with zero attached hydrogens (tertiary/aromatic N) is 2. The van der Waals surface area contributed by atoms with Gasteiger partial charge >= 0.3 is 0 Å². The Hall–Kier alpha value is -1.17. The van der Waals surface area contributed by atoms with Crippen molar-refractivity contribution in [1.82, 2.24) is 9.80 Å². The smallest absolute Gasteiger partial charge is 0.237 e. The van der Waals surface area contributed by atoms with Crippen LogP contribution < -0.4 is 9.47 Å². The Balaban J connectivity index is 0.00000264. The van der Waals surface area contributed by atoms with Crippen LogP contribution in [0.25, 0.3) is 0 Å². The normalized spacial score (nSPS) is 15.0. The summed E-state index contributed by atoms with van der Waals surface area (Å²) in [6.45, 7) is 6.10. The molecule has 0 saturated carbocycles. The first-order valence-corrected chi connectivity index (χ1v) is 7.90. The number of hydrogen-bond acceptors (Lipinski definition) is 4. The predicted octanol–water partition coefficient (Wildman–Crippen LogP) is 2.32. The molecule has 1 aromatic carbocycles. The van der Waals surface area contributed by atoms with Crippen molar-refractivity contribution < 1.29 is 14.3 Å². The summed E-state index contributed by atoms with van der Waals surface area (Å²) in [5, 5.41) is 0. The maximum absolute atomic E-state index is 11.6. The van der Waals surface area contributed by atoms with Crippen molar-refractivity contribution >= 4 is 29.9 Å². The summed E-state index contributed by atoms with van der Waals surface area (Å²) in [6, 6.07) is 4.03. The van der Waals surface area contributed by atoms with Gasteiger partial charge in [0.05, 0.1) is 14.2 Å². The van der Waals surface area contributed by atoms with Crippen LogP contribution in [0.4, 0.5) is 0 Å². The lowest BCUT2D eigenvalue weighted by Crippen LogP contribution is -2.48. The molecule has 1 heterocycles. The summed E-state index contributed by atoms with van der Waals surface area (Å²) in [4.78, 5) is 15.7. The standard InChI is InChI=1S/C16H23ClN2O3.ClH/c1-12-8-14(21-2)15(22-3)9-13(12)11-18-4-6-19(7-5-18)16(20)10-17;/h8-9H,4-7,10-11H2,1-3H3;1H. The van der Waals surface area contributed by atoms with Gasteiger partial charge in [-0.2, -0.15) is 0 Å². The summed E-state index contributed by atoms with van der Waals surface area (Å²) >= 11 is 5.60. The fourth-order valence-corrected chi connectivity index (χ4v) is 2.84. The fraction of sp³-hybridized carbons (Fsp3) is 0.562. The Bertz CT molecular complexity index is 532. The second-order valence-electron chi connectivity index (χ2n) is 5.42. The van der Waals surface area contributed by atoms with Crippen LogP contribution in [-0.2, 0) is 11.3 Å². The zero-order chi connectivity index (χ0) is 16.1. The van der Waals surface area contributed by atoms with Crippen LogP contribution in [0.2, 0.25) is 0 Å². The lowest BCUT2D eigenvalue weighted by Gasteiger charge is -2.34. The Morgan fingerprint density at radius 2 is 1.70 bits per heavy atom. The SMILES string of the molecule is COc1cc(C)c(CN2CCN(C(=O)CCl)CC2)cc1OC.Cl. The second kappa shape index (κ2) is 9.21. The van der Waals surface area contributed by atoms with Gasteiger partial charge in [-0.25, -0.2) is 0 Å². The van der Waals surface area contributed by atoms with Crippen LogP contribution in [0.3, 0.4) is 0 Å². The number of piperazine rings is 1. The molecule has 1 aliphatic rings. The van der Waals surface area contributed by atoms with E-state index in [0.29, 0.717) is 0 Å². The lowest BCUT2D eigenvalue weighted by atomic mass is 10.1. The largest absolute Gasteiger partial charge is 0.493 e. The topological polar surface area (TPSA) is 42.0 Å². The molecule has 1 fully saturated rings. The molecule has 0 spiro atoms. The number of aryl methyl sites for hydroxylation is 1. The van der Waals surface area contributed by atoms with Crippen LogP contribution >= 0.6 is 24.0 Å². The molecule has 2 rings (SSSR count). The van der Waals surface area contributed by atoms with Crippen LogP contribution in [0, 0.1) is 6.92 Å². The van der Waals surface area contributed by atoms with E-state index >= 15 is 0 Å². The van der Waals surface area contributed by atoms with Crippen molar-refractivity contribution in [1.29, 1.82) is 0 Å². The fourth-order valence-electron chi connectivity index (χ4n) is 2.67. The van der Waals surface area contributed by atoms with Gasteiger partial charge in [0.1, 0.15) is 5.88 Å². The first kappa shape index (κ1) is 19.9. The summed E-state index contributed by atoms with van der Waals surface area (Å²) < 4.78 is 10.7. The molecular weight excluding hydrogens is 339 g/mol. The first-order chi connectivity index (χ1) is 10.6. The molecule has 0 atom stereocenters. The minimum absolute atomic E-state index is 0. The highest BCUT2D eigenvalue weighted by Gasteiger charge is 2.21. The van der Waals surface area contributed by atoms with Crippen LogP contribution in [0.15, 0.2) is 12.1 Å². The van der Waals surface area contributed by atoms with E-state index in [0.717, 1.165) is 44.2 Å². The zero-order valence-corrected chi connectivity index (χ0v) is 15.4. The number of amides is 1. The molecule has 0 radical (unpaired) electrons. The van der Waals surface area contributed by atoms with E-state index < -0.39 is 0 Å². The average Bonchev–Trinajstić information content (AvgIpc) is 2.56. The van der Waals surface area contributed by atoms with Gasteiger partial charge in [-0.3, -0.25) is 9.69 Å². The number of halogens is 2. The van der Waals surface area contributed by atoms with Gasteiger partial charge in [-0.05, 0) is 30.2 Å². The third-order valence-electron chi connectivity index (χ3n) is 4.08. The Morgan fingerprint density at radius 3 is 2.22 bits per heavy atom. The van der Waals surface area contributed by atoms with Crippen molar-refractivity contribution in [2.24, 2.45) is 0 Å². The van der Waals surface area contributed by atoms with Crippen LogP contribution in [0.1, 0.15) is 11.1 Å². The van der Waals surface area contributed by atoms with Gasteiger partial charge in [0.2, 0.25) is 5.91 Å². The molecule has 1 amide bonds. The van der Waals surface area contributed by atoms with Gasteiger partial charge in [0, 0.05) is 32.7 Å². The Kier molecular flexibility index (Phi) is 7.95. The molecule has 0 aliphatic carbocycles. The van der Waals surface area contributed by atoms with E-state index in [2.05, 4.69) is 11.8 Å². The molecule has 130 valence electrons. The number of ether oxygens (including phenoxy) is 2. The van der Waals surface area contributed by atoms with Crippen LogP contribution in [-0.4, -0.2) is 62.0 Å². The third kappa shape index (κ3) is 4.90.